The van der Waals surface area contributed by atoms with E-state index in [0.29, 0.717) is 13.2 Å². The summed E-state index contributed by atoms with van der Waals surface area (Å²) in [6.07, 6.45) is 1.48. The topological polar surface area (TPSA) is 122 Å². The number of carbonyl (C=O) groups is 1. The largest absolute Gasteiger partial charge is 0.377 e. The Morgan fingerprint density at radius 2 is 1.20 bits per heavy atom. The summed E-state index contributed by atoms with van der Waals surface area (Å²) in [5.41, 5.74) is -0.755. The molecule has 0 unspecified atom stereocenters. The Morgan fingerprint density at radius 3 is 1.53 bits per heavy atom. The van der Waals surface area contributed by atoms with Gasteiger partial charge in [-0.15, -0.1) is 0 Å². The minimum atomic E-state index is -0.789. The van der Waals surface area contributed by atoms with E-state index in [1.165, 1.54) is 36.4 Å². The molecule has 0 aromatic heterocycles. The average molecular weight is 416 g/mol. The second kappa shape index (κ2) is 11.1. The molecule has 0 saturated carbocycles. The minimum absolute atomic E-state index is 0.0295. The van der Waals surface area contributed by atoms with Crippen LogP contribution in [0.15, 0.2) is 36.4 Å². The molecule has 0 N–H and O–H groups in total. The van der Waals surface area contributed by atoms with E-state index in [4.69, 9.17) is 9.47 Å². The Morgan fingerprint density at radius 1 is 0.800 bits per heavy atom. The molecule has 9 heteroatoms. The first-order valence-electron chi connectivity index (χ1n) is 9.65. The first-order chi connectivity index (χ1) is 14.4. The third-order valence-corrected chi connectivity index (χ3v) is 4.31. The van der Waals surface area contributed by atoms with Crippen molar-refractivity contribution in [3.05, 3.63) is 78.9 Å². The fourth-order valence-electron chi connectivity index (χ4n) is 3.01. The van der Waals surface area contributed by atoms with Crippen LogP contribution in [0.25, 0.3) is 0 Å². The third kappa shape index (κ3) is 5.46. The molecule has 30 heavy (non-hydrogen) atoms. The van der Waals surface area contributed by atoms with Gasteiger partial charge in [-0.05, 0) is 37.1 Å². The smallest absolute Gasteiger partial charge is 0.286 e. The van der Waals surface area contributed by atoms with Crippen molar-refractivity contribution in [3.63, 3.8) is 0 Å². The van der Waals surface area contributed by atoms with Crippen molar-refractivity contribution in [2.24, 2.45) is 0 Å². The number of nitro benzene ring substituents is 2. The van der Waals surface area contributed by atoms with Crippen molar-refractivity contribution in [2.45, 2.75) is 39.9 Å². The SMILES string of the molecule is CCCOCc1cccc(C(=O)c2cccc(COCCC)c2[N+](=O)[O-])c1[N+](=O)[O-]. The van der Waals surface area contributed by atoms with Crippen LogP contribution in [-0.2, 0) is 22.7 Å². The Labute approximate surface area is 173 Å². The lowest BCUT2D eigenvalue weighted by atomic mass is 9.96. The van der Waals surface area contributed by atoms with Crippen molar-refractivity contribution in [1.29, 1.82) is 0 Å². The summed E-state index contributed by atoms with van der Waals surface area (Å²) >= 11 is 0. The lowest BCUT2D eigenvalue weighted by Crippen LogP contribution is -2.12. The lowest BCUT2D eigenvalue weighted by molar-refractivity contribution is -0.386. The van der Waals surface area contributed by atoms with Crippen molar-refractivity contribution >= 4 is 17.2 Å². The molecule has 0 aliphatic carbocycles. The molecule has 2 rings (SSSR count). The fraction of sp³-hybridized carbons (Fsp3) is 0.381. The maximum Gasteiger partial charge on any atom is 0.286 e. The van der Waals surface area contributed by atoms with Gasteiger partial charge in [0.05, 0.1) is 34.2 Å². The first kappa shape index (κ1) is 23.1. The molecule has 2 aromatic rings. The summed E-state index contributed by atoms with van der Waals surface area (Å²) in [4.78, 5) is 35.3. The molecule has 2 aromatic carbocycles. The predicted molar refractivity (Wildman–Crippen MR) is 110 cm³/mol. The van der Waals surface area contributed by atoms with Crippen molar-refractivity contribution in [2.75, 3.05) is 13.2 Å². The predicted octanol–water partition coefficient (Wildman–Crippen LogP) is 4.59. The highest BCUT2D eigenvalue weighted by molar-refractivity contribution is 6.14. The molecule has 9 nitrogen and oxygen atoms in total. The molecule has 0 fully saturated rings. The van der Waals surface area contributed by atoms with Crippen LogP contribution in [0.2, 0.25) is 0 Å². The molecule has 0 saturated heterocycles. The molecule has 0 atom stereocenters. The van der Waals surface area contributed by atoms with Gasteiger partial charge in [0.2, 0.25) is 5.78 Å². The zero-order valence-electron chi connectivity index (χ0n) is 17.0. The number of ether oxygens (including phenoxy) is 2. The van der Waals surface area contributed by atoms with Crippen LogP contribution >= 0.6 is 0 Å². The van der Waals surface area contributed by atoms with Gasteiger partial charge in [0.25, 0.3) is 11.4 Å². The number of nitrogens with zero attached hydrogens (tertiary/aromatic N) is 2. The summed E-state index contributed by atoms with van der Waals surface area (Å²) in [7, 11) is 0. The number of ketones is 1. The van der Waals surface area contributed by atoms with Gasteiger partial charge < -0.3 is 9.47 Å². The molecule has 0 heterocycles. The van der Waals surface area contributed by atoms with E-state index in [1.54, 1.807) is 0 Å². The molecule has 160 valence electrons. The van der Waals surface area contributed by atoms with Crippen molar-refractivity contribution in [3.8, 4) is 0 Å². The van der Waals surface area contributed by atoms with Gasteiger partial charge in [-0.1, -0.05) is 26.0 Å². The van der Waals surface area contributed by atoms with E-state index in [2.05, 4.69) is 0 Å². The number of hydrogen-bond acceptors (Lipinski definition) is 7. The molecule has 0 aliphatic heterocycles. The van der Waals surface area contributed by atoms with Gasteiger partial charge in [0, 0.05) is 13.2 Å². The Bertz CT molecular complexity index is 854. The van der Waals surface area contributed by atoms with Crippen molar-refractivity contribution < 1.29 is 24.1 Å². The molecule has 0 aliphatic rings. The zero-order valence-corrected chi connectivity index (χ0v) is 17.0. The second-order valence-corrected chi connectivity index (χ2v) is 6.58. The Hall–Kier alpha value is -3.17. The Kier molecular flexibility index (Phi) is 8.57. The fourth-order valence-corrected chi connectivity index (χ4v) is 3.01. The molecule has 0 bridgehead atoms. The number of benzene rings is 2. The van der Waals surface area contributed by atoms with Crippen LogP contribution < -0.4 is 0 Å². The molecule has 0 radical (unpaired) electrons. The number of hydrogen-bond donors (Lipinski definition) is 0. The number of carbonyl (C=O) groups excluding carboxylic acids is 1. The zero-order chi connectivity index (χ0) is 22.1. The lowest BCUT2D eigenvalue weighted by Gasteiger charge is -2.10. The summed E-state index contributed by atoms with van der Waals surface area (Å²) in [5, 5.41) is 23.4. The first-order valence-corrected chi connectivity index (χ1v) is 9.65. The van der Waals surface area contributed by atoms with Crippen LogP contribution in [0, 0.1) is 20.2 Å². The van der Waals surface area contributed by atoms with Crippen LogP contribution in [0.4, 0.5) is 11.4 Å². The Balaban J connectivity index is 2.52. The van der Waals surface area contributed by atoms with E-state index in [0.717, 1.165) is 12.8 Å². The van der Waals surface area contributed by atoms with Gasteiger partial charge in [-0.2, -0.15) is 0 Å². The number of nitro groups is 2. The summed E-state index contributed by atoms with van der Waals surface area (Å²) in [5.74, 6) is -0.789. The maximum absolute atomic E-state index is 13.2. The van der Waals surface area contributed by atoms with Crippen LogP contribution in [0.3, 0.4) is 0 Å². The molecule has 0 amide bonds. The highest BCUT2D eigenvalue weighted by Crippen LogP contribution is 2.32. The molecular formula is C21H24N2O7. The van der Waals surface area contributed by atoms with E-state index < -0.39 is 27.0 Å². The van der Waals surface area contributed by atoms with E-state index in [9.17, 15) is 25.0 Å². The van der Waals surface area contributed by atoms with Gasteiger partial charge in [0.15, 0.2) is 0 Å². The van der Waals surface area contributed by atoms with Gasteiger partial charge in [-0.25, -0.2) is 0 Å². The van der Waals surface area contributed by atoms with Crippen LogP contribution in [0.1, 0.15) is 53.7 Å². The minimum Gasteiger partial charge on any atom is -0.377 e. The molecular weight excluding hydrogens is 392 g/mol. The van der Waals surface area contributed by atoms with Gasteiger partial charge in [0.1, 0.15) is 11.1 Å². The maximum atomic E-state index is 13.2. The summed E-state index contributed by atoms with van der Waals surface area (Å²) in [6.45, 7) is 4.59. The summed E-state index contributed by atoms with van der Waals surface area (Å²) in [6, 6.07) is 8.62. The van der Waals surface area contributed by atoms with Crippen molar-refractivity contribution in [1.82, 2.24) is 0 Å². The van der Waals surface area contributed by atoms with E-state index in [-0.39, 0.29) is 35.5 Å². The van der Waals surface area contributed by atoms with Crippen LogP contribution in [0.5, 0.6) is 0 Å². The van der Waals surface area contributed by atoms with Gasteiger partial charge in [-0.3, -0.25) is 25.0 Å². The van der Waals surface area contributed by atoms with Crippen LogP contribution in [-0.4, -0.2) is 28.8 Å². The quantitative estimate of drug-likeness (QED) is 0.215. The third-order valence-electron chi connectivity index (χ3n) is 4.31. The number of rotatable bonds is 12. The molecule has 0 spiro atoms. The summed E-state index contributed by atoms with van der Waals surface area (Å²) < 4.78 is 10.8. The normalized spacial score (nSPS) is 10.7. The second-order valence-electron chi connectivity index (χ2n) is 6.58. The number of para-hydroxylation sites is 2. The highest BCUT2D eigenvalue weighted by Gasteiger charge is 2.31. The highest BCUT2D eigenvalue weighted by atomic mass is 16.6. The standard InChI is InChI=1S/C21H24N2O7/c1-3-11-29-13-15-7-5-9-17(19(15)22(25)26)21(24)18-10-6-8-16(14-30-12-4-2)20(18)23(27)28/h5-10H,3-4,11-14H2,1-2H3. The average Bonchev–Trinajstić information content (AvgIpc) is 2.72. The van der Waals surface area contributed by atoms with Gasteiger partial charge >= 0.3 is 0 Å². The monoisotopic (exact) mass is 416 g/mol. The van der Waals surface area contributed by atoms with E-state index in [1.807, 2.05) is 13.8 Å². The van der Waals surface area contributed by atoms with E-state index >= 15 is 0 Å².